The molecule has 3 N–H and O–H groups in total. The van der Waals surface area contributed by atoms with Crippen molar-refractivity contribution in [2.24, 2.45) is 0 Å². The van der Waals surface area contributed by atoms with Crippen LogP contribution >= 0.6 is 0 Å². The molecule has 6 nitrogen and oxygen atoms in total. The molecule has 0 aliphatic heterocycles. The van der Waals surface area contributed by atoms with E-state index in [0.29, 0.717) is 18.5 Å². The lowest BCUT2D eigenvalue weighted by Crippen LogP contribution is -2.33. The van der Waals surface area contributed by atoms with Crippen LogP contribution in [0.4, 0.5) is 10.5 Å². The van der Waals surface area contributed by atoms with E-state index >= 15 is 0 Å². The lowest BCUT2D eigenvalue weighted by Gasteiger charge is -2.20. The van der Waals surface area contributed by atoms with Crippen molar-refractivity contribution in [3.63, 3.8) is 0 Å². The van der Waals surface area contributed by atoms with Crippen LogP contribution in [0.25, 0.3) is 0 Å². The third-order valence-corrected chi connectivity index (χ3v) is 3.74. The topological polar surface area (TPSA) is 87.1 Å². The van der Waals surface area contributed by atoms with Crippen molar-refractivity contribution in [2.75, 3.05) is 11.9 Å². The molecular formula is C19H26N4O2. The second-order valence-electron chi connectivity index (χ2n) is 6.97. The molecule has 2 amide bonds. The molecule has 25 heavy (non-hydrogen) atoms. The van der Waals surface area contributed by atoms with E-state index in [-0.39, 0.29) is 24.1 Å². The fourth-order valence-corrected chi connectivity index (χ4v) is 2.41. The summed E-state index contributed by atoms with van der Waals surface area (Å²) in [5.41, 5.74) is 1.41. The number of hydrogen-bond acceptors (Lipinski definition) is 4. The Morgan fingerprint density at radius 3 is 2.36 bits per heavy atom. The van der Waals surface area contributed by atoms with E-state index in [1.807, 2.05) is 51.1 Å². The van der Waals surface area contributed by atoms with Crippen LogP contribution in [0.15, 0.2) is 42.7 Å². The number of urea groups is 1. The largest absolute Gasteiger partial charge is 0.396 e. The van der Waals surface area contributed by atoms with Crippen molar-refractivity contribution in [3.05, 3.63) is 54.1 Å². The van der Waals surface area contributed by atoms with Gasteiger partial charge in [-0.1, -0.05) is 51.1 Å². The molecule has 1 atom stereocenters. The van der Waals surface area contributed by atoms with E-state index in [2.05, 4.69) is 20.6 Å². The number of hydrogen-bond donors (Lipinski definition) is 3. The monoisotopic (exact) mass is 342 g/mol. The Morgan fingerprint density at radius 2 is 1.80 bits per heavy atom. The third kappa shape index (κ3) is 5.83. The van der Waals surface area contributed by atoms with Crippen LogP contribution in [0.1, 0.15) is 51.0 Å². The number of nitrogens with zero attached hydrogens (tertiary/aromatic N) is 2. The summed E-state index contributed by atoms with van der Waals surface area (Å²) in [5, 5.41) is 14.8. The minimum absolute atomic E-state index is 0.0920. The molecule has 2 aromatic rings. The molecule has 1 unspecified atom stereocenters. The van der Waals surface area contributed by atoms with Gasteiger partial charge in [-0.3, -0.25) is 0 Å². The zero-order valence-corrected chi connectivity index (χ0v) is 15.0. The number of anilines is 1. The molecule has 0 fully saturated rings. The van der Waals surface area contributed by atoms with Gasteiger partial charge in [0.15, 0.2) is 0 Å². The Morgan fingerprint density at radius 1 is 1.16 bits per heavy atom. The number of aliphatic hydroxyl groups is 1. The molecule has 1 aromatic carbocycles. The summed E-state index contributed by atoms with van der Waals surface area (Å²) in [6, 6.07) is 9.23. The van der Waals surface area contributed by atoms with Crippen molar-refractivity contribution in [3.8, 4) is 0 Å². The fraction of sp³-hybridized carbons (Fsp3) is 0.421. The van der Waals surface area contributed by atoms with Gasteiger partial charge in [0.05, 0.1) is 24.1 Å². The van der Waals surface area contributed by atoms with Crippen LogP contribution in [0.5, 0.6) is 0 Å². The molecule has 0 radical (unpaired) electrons. The molecule has 0 aliphatic carbocycles. The normalized spacial score (nSPS) is 12.5. The van der Waals surface area contributed by atoms with E-state index < -0.39 is 0 Å². The lowest BCUT2D eigenvalue weighted by atomic mass is 9.96. The van der Waals surface area contributed by atoms with Crippen LogP contribution in [0.2, 0.25) is 0 Å². The van der Waals surface area contributed by atoms with Crippen molar-refractivity contribution in [1.82, 2.24) is 15.3 Å². The summed E-state index contributed by atoms with van der Waals surface area (Å²) in [7, 11) is 0. The van der Waals surface area contributed by atoms with Gasteiger partial charge in [-0.25, -0.2) is 14.8 Å². The van der Waals surface area contributed by atoms with Crippen molar-refractivity contribution < 1.29 is 9.90 Å². The maximum absolute atomic E-state index is 12.3. The molecular weight excluding hydrogens is 316 g/mol. The van der Waals surface area contributed by atoms with Gasteiger partial charge in [0.1, 0.15) is 5.82 Å². The first-order chi connectivity index (χ1) is 11.9. The second-order valence-corrected chi connectivity index (χ2v) is 6.97. The van der Waals surface area contributed by atoms with E-state index in [0.717, 1.165) is 11.4 Å². The summed E-state index contributed by atoms with van der Waals surface area (Å²) in [4.78, 5) is 20.9. The van der Waals surface area contributed by atoms with E-state index in [4.69, 9.17) is 5.11 Å². The molecule has 0 saturated heterocycles. The number of nitrogens with one attached hydrogen (secondary N) is 2. The minimum atomic E-state index is -0.320. The highest BCUT2D eigenvalue weighted by atomic mass is 16.3. The average molecular weight is 342 g/mol. The molecule has 6 heteroatoms. The van der Waals surface area contributed by atoms with Gasteiger partial charge in [-0.15, -0.1) is 0 Å². The molecule has 1 heterocycles. The van der Waals surface area contributed by atoms with Crippen LogP contribution in [0, 0.1) is 0 Å². The number of aliphatic hydroxyl groups excluding tert-OH is 1. The quantitative estimate of drug-likeness (QED) is 0.751. The second kappa shape index (κ2) is 8.58. The van der Waals surface area contributed by atoms with Gasteiger partial charge in [0.2, 0.25) is 0 Å². The number of amides is 2. The van der Waals surface area contributed by atoms with Gasteiger partial charge in [-0.05, 0) is 18.4 Å². The van der Waals surface area contributed by atoms with Crippen LogP contribution in [0.3, 0.4) is 0 Å². The number of aromatic nitrogens is 2. The van der Waals surface area contributed by atoms with E-state index in [1.165, 1.54) is 0 Å². The highest BCUT2D eigenvalue weighted by Crippen LogP contribution is 2.20. The molecule has 0 spiro atoms. The number of carbonyl (C=O) groups excluding carboxylic acids is 1. The third-order valence-electron chi connectivity index (χ3n) is 3.74. The molecule has 134 valence electrons. The smallest absolute Gasteiger partial charge is 0.319 e. The molecule has 1 aromatic heterocycles. The summed E-state index contributed by atoms with van der Waals surface area (Å²) in [6.07, 6.45) is 4.49. The van der Waals surface area contributed by atoms with Crippen LogP contribution in [-0.2, 0) is 5.41 Å². The SMILES string of the molecule is CC(C)(C)c1ncc(NC(=O)NC(CCCO)c2ccccc2)cn1. The lowest BCUT2D eigenvalue weighted by molar-refractivity contribution is 0.243. The fourth-order valence-electron chi connectivity index (χ4n) is 2.41. The summed E-state index contributed by atoms with van der Waals surface area (Å²) in [5.74, 6) is 0.726. The standard InChI is InChI=1S/C19H26N4O2/c1-19(2,3)17-20-12-15(13-21-17)22-18(25)23-16(10-7-11-24)14-8-5-4-6-9-14/h4-6,8-9,12-13,16,24H,7,10-11H2,1-3H3,(H2,22,23,25). The molecule has 0 bridgehead atoms. The predicted molar refractivity (Wildman–Crippen MR) is 98.4 cm³/mol. The maximum Gasteiger partial charge on any atom is 0.319 e. The van der Waals surface area contributed by atoms with Crippen LogP contribution < -0.4 is 10.6 Å². The Labute approximate surface area is 148 Å². The molecule has 2 rings (SSSR count). The Hall–Kier alpha value is -2.47. The Balaban J connectivity index is 2.01. The van der Waals surface area contributed by atoms with Crippen molar-refractivity contribution >= 4 is 11.7 Å². The van der Waals surface area contributed by atoms with Crippen molar-refractivity contribution in [1.29, 1.82) is 0 Å². The first-order valence-corrected chi connectivity index (χ1v) is 8.46. The summed E-state index contributed by atoms with van der Waals surface area (Å²) >= 11 is 0. The summed E-state index contributed by atoms with van der Waals surface area (Å²) < 4.78 is 0. The van der Waals surface area contributed by atoms with Gasteiger partial charge in [0.25, 0.3) is 0 Å². The van der Waals surface area contributed by atoms with Gasteiger partial charge >= 0.3 is 6.03 Å². The van der Waals surface area contributed by atoms with Crippen molar-refractivity contribution in [2.45, 2.75) is 45.1 Å². The van der Waals surface area contributed by atoms with Gasteiger partial charge in [0, 0.05) is 12.0 Å². The van der Waals surface area contributed by atoms with E-state index in [1.54, 1.807) is 12.4 Å². The van der Waals surface area contributed by atoms with Gasteiger partial charge in [-0.2, -0.15) is 0 Å². The first-order valence-electron chi connectivity index (χ1n) is 8.46. The first kappa shape index (κ1) is 18.9. The zero-order chi connectivity index (χ0) is 18.3. The van der Waals surface area contributed by atoms with Gasteiger partial charge < -0.3 is 15.7 Å². The molecule has 0 aliphatic rings. The maximum atomic E-state index is 12.3. The van der Waals surface area contributed by atoms with Crippen LogP contribution in [-0.4, -0.2) is 27.7 Å². The Kier molecular flexibility index (Phi) is 6.47. The average Bonchev–Trinajstić information content (AvgIpc) is 2.59. The highest BCUT2D eigenvalue weighted by molar-refractivity contribution is 5.89. The van der Waals surface area contributed by atoms with E-state index in [9.17, 15) is 4.79 Å². The minimum Gasteiger partial charge on any atom is -0.396 e. The molecule has 0 saturated carbocycles. The predicted octanol–water partition coefficient (Wildman–Crippen LogP) is 3.41. The highest BCUT2D eigenvalue weighted by Gasteiger charge is 2.18. The Bertz CT molecular complexity index is 666. The number of rotatable bonds is 6. The summed E-state index contributed by atoms with van der Waals surface area (Å²) in [6.45, 7) is 6.20. The number of benzene rings is 1. The zero-order valence-electron chi connectivity index (χ0n) is 15.0. The number of carbonyl (C=O) groups is 1.